The van der Waals surface area contributed by atoms with Crippen molar-refractivity contribution < 1.29 is 0 Å². The zero-order valence-corrected chi connectivity index (χ0v) is 12.3. The predicted octanol–water partition coefficient (Wildman–Crippen LogP) is 3.75. The van der Waals surface area contributed by atoms with Gasteiger partial charge in [-0.1, -0.05) is 32.0 Å². The normalized spacial score (nSPS) is 12.1. The molecule has 0 N–H and O–H groups in total. The van der Waals surface area contributed by atoms with Crippen molar-refractivity contribution in [1.29, 1.82) is 0 Å². The van der Waals surface area contributed by atoms with Gasteiger partial charge in [-0.15, -0.1) is 11.3 Å². The summed E-state index contributed by atoms with van der Waals surface area (Å²) in [4.78, 5) is 5.96. The van der Waals surface area contributed by atoms with Crippen LogP contribution in [0.5, 0.6) is 0 Å². The second kappa shape index (κ2) is 5.53. The molecule has 0 radical (unpaired) electrons. The van der Waals surface area contributed by atoms with E-state index in [1.807, 2.05) is 0 Å². The minimum Gasteiger partial charge on any atom is -0.324 e. The largest absolute Gasteiger partial charge is 0.324 e. The van der Waals surface area contributed by atoms with E-state index in [0.29, 0.717) is 0 Å². The summed E-state index contributed by atoms with van der Waals surface area (Å²) < 4.78 is 2.15. The molecular weight excluding hydrogens is 240 g/mol. The quantitative estimate of drug-likeness (QED) is 0.799. The molecule has 0 bridgehead atoms. The lowest BCUT2D eigenvalue weighted by molar-refractivity contribution is 0.833. The second-order valence-corrected chi connectivity index (χ2v) is 5.30. The molecule has 1 aromatic heterocycles. The Morgan fingerprint density at radius 1 is 1.17 bits per heavy atom. The molecule has 0 aliphatic rings. The molecule has 3 heteroatoms. The molecule has 0 atom stereocenters. The topological polar surface area (TPSA) is 17.3 Å². The molecule has 1 heterocycles. The fourth-order valence-electron chi connectivity index (χ4n) is 2.00. The van der Waals surface area contributed by atoms with Crippen molar-refractivity contribution in [2.45, 2.75) is 33.6 Å². The standard InChI is InChI=1S/C15H20N2S/c1-5-12-8-7-9-13(6-2)14(12)16-15-17(4)11(3)10-18-15/h7-10H,5-6H2,1-4H3. The van der Waals surface area contributed by atoms with E-state index < -0.39 is 0 Å². The van der Waals surface area contributed by atoms with Gasteiger partial charge in [0.05, 0.1) is 5.69 Å². The number of aryl methyl sites for hydroxylation is 3. The van der Waals surface area contributed by atoms with Gasteiger partial charge >= 0.3 is 0 Å². The van der Waals surface area contributed by atoms with E-state index >= 15 is 0 Å². The van der Waals surface area contributed by atoms with Crippen LogP contribution in [0.4, 0.5) is 5.69 Å². The highest BCUT2D eigenvalue weighted by Gasteiger charge is 2.05. The van der Waals surface area contributed by atoms with Gasteiger partial charge in [0.1, 0.15) is 0 Å². The molecule has 0 unspecified atom stereocenters. The summed E-state index contributed by atoms with van der Waals surface area (Å²) in [6.07, 6.45) is 2.06. The van der Waals surface area contributed by atoms with E-state index in [-0.39, 0.29) is 0 Å². The van der Waals surface area contributed by atoms with Gasteiger partial charge in [0.25, 0.3) is 0 Å². The van der Waals surface area contributed by atoms with Crippen LogP contribution < -0.4 is 4.80 Å². The van der Waals surface area contributed by atoms with Crippen LogP contribution in [0.25, 0.3) is 0 Å². The van der Waals surface area contributed by atoms with Gasteiger partial charge in [-0.05, 0) is 30.9 Å². The van der Waals surface area contributed by atoms with Crippen LogP contribution in [0.2, 0.25) is 0 Å². The van der Waals surface area contributed by atoms with Crippen molar-refractivity contribution in [3.63, 3.8) is 0 Å². The molecule has 1 aromatic carbocycles. The summed E-state index contributed by atoms with van der Waals surface area (Å²) in [6, 6.07) is 6.49. The summed E-state index contributed by atoms with van der Waals surface area (Å²) in [5.41, 5.74) is 5.09. The Kier molecular flexibility index (Phi) is 4.02. The smallest absolute Gasteiger partial charge is 0.189 e. The van der Waals surface area contributed by atoms with Crippen molar-refractivity contribution in [3.05, 3.63) is 45.2 Å². The minimum atomic E-state index is 1.03. The van der Waals surface area contributed by atoms with E-state index in [9.17, 15) is 0 Å². The van der Waals surface area contributed by atoms with Gasteiger partial charge in [0.15, 0.2) is 4.80 Å². The zero-order valence-electron chi connectivity index (χ0n) is 11.5. The molecule has 2 rings (SSSR count). The molecule has 2 nitrogen and oxygen atoms in total. The summed E-state index contributed by atoms with van der Waals surface area (Å²) in [6.45, 7) is 6.49. The Balaban J connectivity index is 2.64. The van der Waals surface area contributed by atoms with E-state index in [1.165, 1.54) is 22.5 Å². The van der Waals surface area contributed by atoms with Crippen molar-refractivity contribution in [2.24, 2.45) is 12.0 Å². The number of benzene rings is 1. The van der Waals surface area contributed by atoms with Gasteiger partial charge in [-0.2, -0.15) is 0 Å². The Hall–Kier alpha value is -1.35. The highest BCUT2D eigenvalue weighted by Crippen LogP contribution is 2.25. The van der Waals surface area contributed by atoms with Crippen molar-refractivity contribution >= 4 is 17.0 Å². The van der Waals surface area contributed by atoms with Crippen LogP contribution in [0.1, 0.15) is 30.7 Å². The second-order valence-electron chi connectivity index (χ2n) is 4.46. The number of thiazole rings is 1. The molecule has 0 amide bonds. The molecule has 0 fully saturated rings. The molecule has 0 spiro atoms. The van der Waals surface area contributed by atoms with Crippen LogP contribution in [-0.2, 0) is 19.9 Å². The maximum absolute atomic E-state index is 4.88. The number of hydrogen-bond acceptors (Lipinski definition) is 2. The molecule has 0 aliphatic heterocycles. The maximum Gasteiger partial charge on any atom is 0.189 e. The van der Waals surface area contributed by atoms with Crippen molar-refractivity contribution in [2.75, 3.05) is 0 Å². The molecule has 0 saturated carbocycles. The lowest BCUT2D eigenvalue weighted by atomic mass is 10.0. The van der Waals surface area contributed by atoms with Crippen LogP contribution in [0.3, 0.4) is 0 Å². The van der Waals surface area contributed by atoms with Crippen LogP contribution in [0.15, 0.2) is 28.6 Å². The first-order chi connectivity index (χ1) is 8.67. The maximum atomic E-state index is 4.88. The number of aromatic nitrogens is 1. The van der Waals surface area contributed by atoms with Crippen molar-refractivity contribution in [1.82, 2.24) is 4.57 Å². The molecular formula is C15H20N2S. The third-order valence-corrected chi connectivity index (χ3v) is 4.36. The zero-order chi connectivity index (χ0) is 13.1. The highest BCUT2D eigenvalue weighted by molar-refractivity contribution is 7.07. The number of hydrogen-bond donors (Lipinski definition) is 0. The Morgan fingerprint density at radius 3 is 2.22 bits per heavy atom. The molecule has 0 aliphatic carbocycles. The fraction of sp³-hybridized carbons (Fsp3) is 0.400. The lowest BCUT2D eigenvalue weighted by Gasteiger charge is -2.08. The average Bonchev–Trinajstić information content (AvgIpc) is 2.71. The van der Waals surface area contributed by atoms with Gasteiger partial charge < -0.3 is 4.57 Å². The van der Waals surface area contributed by atoms with Gasteiger partial charge in [0, 0.05) is 18.1 Å². The predicted molar refractivity (Wildman–Crippen MR) is 78.4 cm³/mol. The third-order valence-electron chi connectivity index (χ3n) is 3.32. The van der Waals surface area contributed by atoms with E-state index in [0.717, 1.165) is 17.6 Å². The molecule has 18 heavy (non-hydrogen) atoms. The number of para-hydroxylation sites is 1. The summed E-state index contributed by atoms with van der Waals surface area (Å²) in [5, 5.41) is 2.15. The summed E-state index contributed by atoms with van der Waals surface area (Å²) in [7, 11) is 2.07. The Morgan fingerprint density at radius 2 is 1.78 bits per heavy atom. The summed E-state index contributed by atoms with van der Waals surface area (Å²) in [5.74, 6) is 0. The molecule has 0 saturated heterocycles. The SMILES string of the molecule is CCc1cccc(CC)c1N=c1scc(C)n1C. The lowest BCUT2D eigenvalue weighted by Crippen LogP contribution is -2.11. The first-order valence-corrected chi connectivity index (χ1v) is 7.32. The monoisotopic (exact) mass is 260 g/mol. The van der Waals surface area contributed by atoms with Crippen LogP contribution in [-0.4, -0.2) is 4.57 Å². The minimum absolute atomic E-state index is 1.03. The van der Waals surface area contributed by atoms with Gasteiger partial charge in [-0.25, -0.2) is 4.99 Å². The Labute approximate surface area is 113 Å². The number of rotatable bonds is 3. The van der Waals surface area contributed by atoms with Crippen molar-refractivity contribution in [3.8, 4) is 0 Å². The van der Waals surface area contributed by atoms with Gasteiger partial charge in [-0.3, -0.25) is 0 Å². The van der Waals surface area contributed by atoms with Gasteiger partial charge in [0.2, 0.25) is 0 Å². The molecule has 2 aromatic rings. The fourth-order valence-corrected chi connectivity index (χ4v) is 2.88. The first-order valence-electron chi connectivity index (χ1n) is 6.44. The van der Waals surface area contributed by atoms with E-state index in [1.54, 1.807) is 11.3 Å². The van der Waals surface area contributed by atoms with Crippen LogP contribution in [0, 0.1) is 6.92 Å². The first kappa shape index (κ1) is 13.1. The highest BCUT2D eigenvalue weighted by atomic mass is 32.1. The third kappa shape index (κ3) is 2.41. The van der Waals surface area contributed by atoms with Crippen LogP contribution >= 0.6 is 11.3 Å². The summed E-state index contributed by atoms with van der Waals surface area (Å²) >= 11 is 1.71. The average molecular weight is 260 g/mol. The number of nitrogens with zero attached hydrogens (tertiary/aromatic N) is 2. The Bertz CT molecular complexity index is 583. The van der Waals surface area contributed by atoms with E-state index in [2.05, 4.69) is 56.0 Å². The molecule has 96 valence electrons. The van der Waals surface area contributed by atoms with E-state index in [4.69, 9.17) is 4.99 Å².